The number of rotatable bonds is 11. The minimum atomic E-state index is -0.0801. The SMILES string of the molecule is O=C(NCC(c1ccccc1)N1CCOCC1)c1cccc(OC2CCCN(CC(c3ccccc3)c3ccccc3)C2)c1. The number of benzene rings is 4. The molecule has 6 rings (SSSR count). The van der Waals surface area contributed by atoms with E-state index in [-0.39, 0.29) is 18.1 Å². The molecule has 6 heteroatoms. The average molecular weight is 590 g/mol. The molecule has 2 unspecified atom stereocenters. The van der Waals surface area contributed by atoms with E-state index in [9.17, 15) is 4.79 Å². The summed E-state index contributed by atoms with van der Waals surface area (Å²) in [6.07, 6.45) is 2.17. The fourth-order valence-corrected chi connectivity index (χ4v) is 6.52. The van der Waals surface area contributed by atoms with Gasteiger partial charge in [0.15, 0.2) is 0 Å². The zero-order chi connectivity index (χ0) is 30.0. The molecule has 0 aromatic heterocycles. The Kier molecular flexibility index (Phi) is 10.4. The number of nitrogens with one attached hydrogen (secondary N) is 1. The number of nitrogens with zero attached hydrogens (tertiary/aromatic N) is 2. The monoisotopic (exact) mass is 589 g/mol. The quantitative estimate of drug-likeness (QED) is 0.227. The molecule has 0 radical (unpaired) electrons. The number of likely N-dealkylation sites (tertiary alicyclic amines) is 1. The highest BCUT2D eigenvalue weighted by Crippen LogP contribution is 2.28. The van der Waals surface area contributed by atoms with Gasteiger partial charge >= 0.3 is 0 Å². The summed E-state index contributed by atoms with van der Waals surface area (Å²) in [5.41, 5.74) is 4.50. The third-order valence-corrected chi connectivity index (χ3v) is 8.83. The van der Waals surface area contributed by atoms with E-state index >= 15 is 0 Å². The van der Waals surface area contributed by atoms with Gasteiger partial charge in [0, 0.05) is 44.2 Å². The first-order chi connectivity index (χ1) is 21.7. The van der Waals surface area contributed by atoms with Gasteiger partial charge in [-0.2, -0.15) is 0 Å². The van der Waals surface area contributed by atoms with Gasteiger partial charge in [-0.05, 0) is 54.3 Å². The Hall–Kier alpha value is -3.97. The summed E-state index contributed by atoms with van der Waals surface area (Å²) in [6.45, 7) is 6.55. The Labute approximate surface area is 261 Å². The zero-order valence-electron chi connectivity index (χ0n) is 25.4. The van der Waals surface area contributed by atoms with Gasteiger partial charge in [-0.1, -0.05) is 97.1 Å². The van der Waals surface area contributed by atoms with Crippen LogP contribution in [0.3, 0.4) is 0 Å². The summed E-state index contributed by atoms with van der Waals surface area (Å²) in [5, 5.41) is 3.20. The van der Waals surface area contributed by atoms with Crippen molar-refractivity contribution in [2.75, 3.05) is 52.5 Å². The van der Waals surface area contributed by atoms with E-state index in [4.69, 9.17) is 9.47 Å². The van der Waals surface area contributed by atoms with Crippen LogP contribution in [0.15, 0.2) is 115 Å². The van der Waals surface area contributed by atoms with Gasteiger partial charge in [-0.25, -0.2) is 0 Å². The van der Waals surface area contributed by atoms with Crippen molar-refractivity contribution in [2.45, 2.75) is 30.9 Å². The molecule has 1 N–H and O–H groups in total. The van der Waals surface area contributed by atoms with Gasteiger partial charge in [0.25, 0.3) is 5.91 Å². The highest BCUT2D eigenvalue weighted by atomic mass is 16.5. The van der Waals surface area contributed by atoms with E-state index in [0.29, 0.717) is 31.2 Å². The molecule has 228 valence electrons. The third kappa shape index (κ3) is 7.94. The molecule has 1 amide bonds. The Morgan fingerprint density at radius 3 is 2.09 bits per heavy atom. The first kappa shape index (κ1) is 30.1. The maximum absolute atomic E-state index is 13.3. The van der Waals surface area contributed by atoms with Gasteiger partial charge in [-0.15, -0.1) is 0 Å². The molecule has 2 atom stereocenters. The van der Waals surface area contributed by atoms with Crippen LogP contribution in [-0.2, 0) is 4.74 Å². The summed E-state index contributed by atoms with van der Waals surface area (Å²) >= 11 is 0. The largest absolute Gasteiger partial charge is 0.489 e. The van der Waals surface area contributed by atoms with E-state index < -0.39 is 0 Å². The lowest BCUT2D eigenvalue weighted by atomic mass is 9.90. The number of carbonyl (C=O) groups excluding carboxylic acids is 1. The Balaban J connectivity index is 1.08. The molecule has 2 aliphatic heterocycles. The minimum absolute atomic E-state index is 0.0801. The van der Waals surface area contributed by atoms with Crippen LogP contribution in [0.25, 0.3) is 0 Å². The third-order valence-electron chi connectivity index (χ3n) is 8.83. The Morgan fingerprint density at radius 1 is 0.795 bits per heavy atom. The molecule has 0 aliphatic carbocycles. The second-order valence-corrected chi connectivity index (χ2v) is 11.8. The van der Waals surface area contributed by atoms with Crippen LogP contribution in [0.4, 0.5) is 0 Å². The van der Waals surface area contributed by atoms with Crippen LogP contribution in [0.5, 0.6) is 5.75 Å². The molecule has 4 aromatic carbocycles. The van der Waals surface area contributed by atoms with Crippen molar-refractivity contribution < 1.29 is 14.3 Å². The van der Waals surface area contributed by atoms with Crippen LogP contribution < -0.4 is 10.1 Å². The van der Waals surface area contributed by atoms with Gasteiger partial charge in [0.2, 0.25) is 0 Å². The lowest BCUT2D eigenvalue weighted by molar-refractivity contribution is 0.0162. The molecule has 2 fully saturated rings. The number of hydrogen-bond acceptors (Lipinski definition) is 5. The second kappa shape index (κ2) is 15.2. The average Bonchev–Trinajstić information content (AvgIpc) is 3.09. The maximum Gasteiger partial charge on any atom is 0.251 e. The molecule has 2 aliphatic rings. The zero-order valence-corrected chi connectivity index (χ0v) is 25.4. The van der Waals surface area contributed by atoms with Crippen LogP contribution >= 0.6 is 0 Å². The molecule has 4 aromatic rings. The van der Waals surface area contributed by atoms with Crippen LogP contribution in [-0.4, -0.2) is 74.3 Å². The van der Waals surface area contributed by atoms with Gasteiger partial charge < -0.3 is 14.8 Å². The fourth-order valence-electron chi connectivity index (χ4n) is 6.52. The molecule has 0 saturated carbocycles. The molecular weight excluding hydrogens is 546 g/mol. The highest BCUT2D eigenvalue weighted by molar-refractivity contribution is 5.94. The Morgan fingerprint density at radius 2 is 1.43 bits per heavy atom. The number of hydrogen-bond donors (Lipinski definition) is 1. The molecular formula is C38H43N3O3. The van der Waals surface area contributed by atoms with Gasteiger partial charge in [0.05, 0.1) is 19.3 Å². The van der Waals surface area contributed by atoms with Crippen molar-refractivity contribution in [3.05, 3.63) is 138 Å². The van der Waals surface area contributed by atoms with E-state index in [0.717, 1.165) is 51.3 Å². The molecule has 0 bridgehead atoms. The number of piperidine rings is 1. The van der Waals surface area contributed by atoms with E-state index in [1.54, 1.807) is 0 Å². The highest BCUT2D eigenvalue weighted by Gasteiger charge is 2.26. The van der Waals surface area contributed by atoms with E-state index in [1.807, 2.05) is 30.3 Å². The molecule has 2 saturated heterocycles. The first-order valence-electron chi connectivity index (χ1n) is 16.0. The number of carbonyl (C=O) groups is 1. The lowest BCUT2D eigenvalue weighted by Crippen LogP contribution is -2.43. The number of ether oxygens (including phenoxy) is 2. The van der Waals surface area contributed by atoms with E-state index in [1.165, 1.54) is 16.7 Å². The fraction of sp³-hybridized carbons (Fsp3) is 0.342. The number of morpholine rings is 1. The lowest BCUT2D eigenvalue weighted by Gasteiger charge is -2.35. The van der Waals surface area contributed by atoms with Crippen molar-refractivity contribution in [1.29, 1.82) is 0 Å². The Bertz CT molecular complexity index is 1400. The molecule has 44 heavy (non-hydrogen) atoms. The number of amides is 1. The van der Waals surface area contributed by atoms with Gasteiger partial charge in [0.1, 0.15) is 11.9 Å². The predicted molar refractivity (Wildman–Crippen MR) is 175 cm³/mol. The minimum Gasteiger partial charge on any atom is -0.489 e. The summed E-state index contributed by atoms with van der Waals surface area (Å²) < 4.78 is 12.1. The topological polar surface area (TPSA) is 54.0 Å². The first-order valence-corrected chi connectivity index (χ1v) is 16.0. The van der Waals surface area contributed by atoms with Crippen molar-refractivity contribution in [2.24, 2.45) is 0 Å². The summed E-state index contributed by atoms with van der Waals surface area (Å²) in [6, 6.07) is 39.7. The molecule has 2 heterocycles. The summed E-state index contributed by atoms with van der Waals surface area (Å²) in [4.78, 5) is 18.3. The summed E-state index contributed by atoms with van der Waals surface area (Å²) in [7, 11) is 0. The smallest absolute Gasteiger partial charge is 0.251 e. The van der Waals surface area contributed by atoms with E-state index in [2.05, 4.69) is 100 Å². The van der Waals surface area contributed by atoms with Crippen molar-refractivity contribution in [3.8, 4) is 5.75 Å². The summed E-state index contributed by atoms with van der Waals surface area (Å²) in [5.74, 6) is 0.976. The van der Waals surface area contributed by atoms with Crippen LogP contribution in [0.1, 0.15) is 51.8 Å². The van der Waals surface area contributed by atoms with Crippen LogP contribution in [0, 0.1) is 0 Å². The normalized spacial score (nSPS) is 18.5. The maximum atomic E-state index is 13.3. The standard InChI is InChI=1S/C38H43N3O3/c42-38(39-27-37(32-16-8-3-9-17-32)41-22-24-43-25-23-41)33-18-10-19-34(26-33)44-35-20-11-21-40(28-35)29-36(30-12-4-1-5-13-30)31-14-6-2-7-15-31/h1-10,12-19,26,35-37H,11,20-25,27-29H2,(H,39,42). The molecule has 0 spiro atoms. The van der Waals surface area contributed by atoms with Crippen molar-refractivity contribution in [3.63, 3.8) is 0 Å². The molecule has 6 nitrogen and oxygen atoms in total. The van der Waals surface area contributed by atoms with Crippen molar-refractivity contribution >= 4 is 5.91 Å². The van der Waals surface area contributed by atoms with Crippen LogP contribution in [0.2, 0.25) is 0 Å². The predicted octanol–water partition coefficient (Wildman–Crippen LogP) is 6.17. The van der Waals surface area contributed by atoms with Gasteiger partial charge in [-0.3, -0.25) is 14.6 Å². The second-order valence-electron chi connectivity index (χ2n) is 11.8. The van der Waals surface area contributed by atoms with Crippen molar-refractivity contribution in [1.82, 2.24) is 15.1 Å².